The fraction of sp³-hybridized carbons (Fsp3) is 0.364. The standard InChI is InChI=1S/C22H25NO5/c1-14(2)28-21(26)18-13-17(20(25)27-3)22(23-18,15-9-5-4-6-10-15)16-11-7-8-12-19(16)24/h4-12,14,17-18,23-24H,13H2,1-3H3/p-1/t17-,18+,22+/m0/s1. The Morgan fingerprint density at radius 3 is 2.32 bits per heavy atom. The van der Waals surface area contributed by atoms with Crippen molar-refractivity contribution in [2.24, 2.45) is 5.92 Å². The van der Waals surface area contributed by atoms with Crippen molar-refractivity contribution < 1.29 is 24.2 Å². The molecule has 28 heavy (non-hydrogen) atoms. The van der Waals surface area contributed by atoms with E-state index in [0.717, 1.165) is 0 Å². The van der Waals surface area contributed by atoms with Gasteiger partial charge in [-0.05, 0) is 31.4 Å². The van der Waals surface area contributed by atoms with Crippen LogP contribution in [-0.2, 0) is 24.6 Å². The van der Waals surface area contributed by atoms with E-state index in [2.05, 4.69) is 5.32 Å². The Balaban J connectivity index is 2.19. The molecule has 148 valence electrons. The van der Waals surface area contributed by atoms with Crippen molar-refractivity contribution in [2.45, 2.75) is 38.0 Å². The van der Waals surface area contributed by atoms with Gasteiger partial charge in [-0.25, -0.2) is 0 Å². The van der Waals surface area contributed by atoms with Crippen LogP contribution in [0.3, 0.4) is 0 Å². The van der Waals surface area contributed by atoms with Crippen LogP contribution in [0.15, 0.2) is 54.6 Å². The van der Waals surface area contributed by atoms with Gasteiger partial charge in [0.25, 0.3) is 0 Å². The molecule has 1 heterocycles. The average molecular weight is 382 g/mol. The molecule has 0 amide bonds. The Kier molecular flexibility index (Phi) is 5.70. The molecule has 6 heteroatoms. The van der Waals surface area contributed by atoms with E-state index in [1.54, 1.807) is 32.0 Å². The summed E-state index contributed by atoms with van der Waals surface area (Å²) in [5.41, 5.74) is -0.0714. The number of methoxy groups -OCH3 is 1. The van der Waals surface area contributed by atoms with Crippen LogP contribution in [-0.4, -0.2) is 31.2 Å². The number of nitrogens with one attached hydrogen (secondary N) is 1. The van der Waals surface area contributed by atoms with Gasteiger partial charge in [-0.3, -0.25) is 14.9 Å². The summed E-state index contributed by atoms with van der Waals surface area (Å²) in [5.74, 6) is -1.92. The van der Waals surface area contributed by atoms with Crippen molar-refractivity contribution in [3.05, 3.63) is 65.7 Å². The van der Waals surface area contributed by atoms with Crippen LogP contribution in [0.5, 0.6) is 5.75 Å². The smallest absolute Gasteiger partial charge is 0.323 e. The van der Waals surface area contributed by atoms with Gasteiger partial charge in [0.05, 0.1) is 24.7 Å². The number of esters is 2. The molecule has 1 saturated heterocycles. The van der Waals surface area contributed by atoms with E-state index >= 15 is 0 Å². The Morgan fingerprint density at radius 2 is 1.71 bits per heavy atom. The number of ether oxygens (including phenoxy) is 2. The van der Waals surface area contributed by atoms with Gasteiger partial charge < -0.3 is 14.6 Å². The van der Waals surface area contributed by atoms with Gasteiger partial charge in [0.2, 0.25) is 0 Å². The fourth-order valence-electron chi connectivity index (χ4n) is 3.93. The summed E-state index contributed by atoms with van der Waals surface area (Å²) < 4.78 is 10.4. The van der Waals surface area contributed by atoms with Gasteiger partial charge in [-0.15, -0.1) is 5.75 Å². The maximum Gasteiger partial charge on any atom is 0.323 e. The second-order valence-electron chi connectivity index (χ2n) is 7.16. The van der Waals surface area contributed by atoms with Crippen molar-refractivity contribution in [2.75, 3.05) is 7.11 Å². The molecule has 0 aliphatic carbocycles. The van der Waals surface area contributed by atoms with E-state index in [4.69, 9.17) is 9.47 Å². The highest BCUT2D eigenvalue weighted by molar-refractivity contribution is 5.83. The second-order valence-corrected chi connectivity index (χ2v) is 7.16. The van der Waals surface area contributed by atoms with E-state index in [0.29, 0.717) is 11.1 Å². The Bertz CT molecular complexity index is 851. The highest BCUT2D eigenvalue weighted by Gasteiger charge is 2.55. The van der Waals surface area contributed by atoms with Crippen LogP contribution in [0.25, 0.3) is 0 Å². The van der Waals surface area contributed by atoms with Crippen LogP contribution in [0.2, 0.25) is 0 Å². The quantitative estimate of drug-likeness (QED) is 0.797. The van der Waals surface area contributed by atoms with E-state index < -0.39 is 29.4 Å². The third kappa shape index (κ3) is 3.47. The maximum absolute atomic E-state index is 12.8. The molecule has 0 radical (unpaired) electrons. The number of hydrogen-bond donors (Lipinski definition) is 1. The molecule has 0 saturated carbocycles. The first-order chi connectivity index (χ1) is 13.4. The SMILES string of the molecule is COC(=O)[C@@H]1C[C@H](C(=O)OC(C)C)N[C@]1(c1ccccc1)c1ccccc1[O-]. The van der Waals surface area contributed by atoms with Gasteiger partial charge in [-0.2, -0.15) is 0 Å². The van der Waals surface area contributed by atoms with Gasteiger partial charge in [0, 0.05) is 0 Å². The predicted molar refractivity (Wildman–Crippen MR) is 101 cm³/mol. The summed E-state index contributed by atoms with van der Waals surface area (Å²) in [5, 5.41) is 16.1. The van der Waals surface area contributed by atoms with Crippen molar-refractivity contribution in [3.8, 4) is 5.75 Å². The molecule has 2 aromatic carbocycles. The first-order valence-electron chi connectivity index (χ1n) is 9.28. The van der Waals surface area contributed by atoms with Crippen LogP contribution in [0, 0.1) is 5.92 Å². The van der Waals surface area contributed by atoms with Crippen LogP contribution >= 0.6 is 0 Å². The van der Waals surface area contributed by atoms with Gasteiger partial charge in [-0.1, -0.05) is 54.6 Å². The van der Waals surface area contributed by atoms with E-state index in [1.165, 1.54) is 13.2 Å². The summed E-state index contributed by atoms with van der Waals surface area (Å²) >= 11 is 0. The Morgan fingerprint density at radius 1 is 1.07 bits per heavy atom. The molecule has 0 spiro atoms. The molecule has 3 rings (SSSR count). The number of carbonyl (C=O) groups excluding carboxylic acids is 2. The van der Waals surface area contributed by atoms with Crippen molar-refractivity contribution in [1.82, 2.24) is 5.32 Å². The molecule has 6 nitrogen and oxygen atoms in total. The molecule has 0 aromatic heterocycles. The molecular formula is C22H24NO5-. The summed E-state index contributed by atoms with van der Waals surface area (Å²) in [4.78, 5) is 25.4. The van der Waals surface area contributed by atoms with Crippen LogP contribution in [0.1, 0.15) is 31.4 Å². The normalized spacial score (nSPS) is 24.1. The minimum absolute atomic E-state index is 0.168. The molecule has 3 atom stereocenters. The van der Waals surface area contributed by atoms with Crippen LogP contribution in [0.4, 0.5) is 0 Å². The molecule has 1 aliphatic heterocycles. The molecule has 1 aliphatic rings. The Labute approximate surface area is 164 Å². The molecule has 0 bridgehead atoms. The second kappa shape index (κ2) is 8.02. The highest BCUT2D eigenvalue weighted by Crippen LogP contribution is 2.47. The summed E-state index contributed by atoms with van der Waals surface area (Å²) in [6.45, 7) is 3.53. The van der Waals surface area contributed by atoms with Gasteiger partial charge in [0.15, 0.2) is 0 Å². The monoisotopic (exact) mass is 382 g/mol. The van der Waals surface area contributed by atoms with Crippen molar-refractivity contribution in [1.29, 1.82) is 0 Å². The highest BCUT2D eigenvalue weighted by atomic mass is 16.5. The van der Waals surface area contributed by atoms with E-state index in [-0.39, 0.29) is 18.3 Å². The zero-order valence-electron chi connectivity index (χ0n) is 16.2. The zero-order valence-corrected chi connectivity index (χ0v) is 16.2. The minimum atomic E-state index is -1.19. The third-order valence-electron chi connectivity index (χ3n) is 5.06. The lowest BCUT2D eigenvalue weighted by Gasteiger charge is -2.38. The summed E-state index contributed by atoms with van der Waals surface area (Å²) in [7, 11) is 1.31. The lowest BCUT2D eigenvalue weighted by atomic mass is 9.74. The Hall–Kier alpha value is -2.86. The number of para-hydroxylation sites is 1. The molecule has 1 fully saturated rings. The molecule has 1 N–H and O–H groups in total. The van der Waals surface area contributed by atoms with Gasteiger partial charge in [0.1, 0.15) is 6.04 Å². The predicted octanol–water partition coefficient (Wildman–Crippen LogP) is 2.11. The molecular weight excluding hydrogens is 358 g/mol. The summed E-state index contributed by atoms with van der Waals surface area (Å²) in [6.07, 6.45) is -0.119. The fourth-order valence-corrected chi connectivity index (χ4v) is 3.93. The minimum Gasteiger partial charge on any atom is -0.872 e. The average Bonchev–Trinajstić information content (AvgIpc) is 3.10. The maximum atomic E-state index is 12.8. The van der Waals surface area contributed by atoms with E-state index in [9.17, 15) is 14.7 Å². The number of rotatable bonds is 5. The zero-order chi connectivity index (χ0) is 20.3. The first kappa shape index (κ1) is 19.9. The van der Waals surface area contributed by atoms with Crippen molar-refractivity contribution >= 4 is 11.9 Å². The van der Waals surface area contributed by atoms with Crippen molar-refractivity contribution in [3.63, 3.8) is 0 Å². The number of carbonyl (C=O) groups is 2. The largest absolute Gasteiger partial charge is 0.872 e. The van der Waals surface area contributed by atoms with Gasteiger partial charge >= 0.3 is 11.9 Å². The lowest BCUT2D eigenvalue weighted by molar-refractivity contribution is -0.270. The molecule has 2 aromatic rings. The number of hydrogen-bond acceptors (Lipinski definition) is 6. The lowest BCUT2D eigenvalue weighted by Crippen LogP contribution is -2.49. The summed E-state index contributed by atoms with van der Waals surface area (Å²) in [6, 6.07) is 15.0. The first-order valence-corrected chi connectivity index (χ1v) is 9.28. The number of benzene rings is 2. The third-order valence-corrected chi connectivity index (χ3v) is 5.06. The van der Waals surface area contributed by atoms with Crippen LogP contribution < -0.4 is 10.4 Å². The van der Waals surface area contributed by atoms with E-state index in [1.807, 2.05) is 30.3 Å². The molecule has 0 unspecified atom stereocenters. The topological polar surface area (TPSA) is 87.7 Å².